The van der Waals surface area contributed by atoms with Gasteiger partial charge in [-0.25, -0.2) is 4.98 Å². The van der Waals surface area contributed by atoms with Gasteiger partial charge in [-0.2, -0.15) is 5.26 Å². The molecule has 5 heteroatoms. The Morgan fingerprint density at radius 2 is 1.81 bits per heavy atom. The van der Waals surface area contributed by atoms with Crippen LogP contribution in [0.15, 0.2) is 61.1 Å². The fourth-order valence-electron chi connectivity index (χ4n) is 4.81. The Morgan fingerprint density at radius 1 is 1.06 bits per heavy atom. The molecular formula is C27H32N4O. The van der Waals surface area contributed by atoms with Gasteiger partial charge in [-0.1, -0.05) is 36.4 Å². The molecule has 3 aromatic rings. The first-order valence-electron chi connectivity index (χ1n) is 11.3. The summed E-state index contributed by atoms with van der Waals surface area (Å²) in [7, 11) is 1.83. The van der Waals surface area contributed by atoms with Gasteiger partial charge in [0.15, 0.2) is 0 Å². The van der Waals surface area contributed by atoms with Crippen molar-refractivity contribution in [2.75, 3.05) is 26.8 Å². The summed E-state index contributed by atoms with van der Waals surface area (Å²) in [4.78, 5) is 6.94. The van der Waals surface area contributed by atoms with Crippen LogP contribution in [0.5, 0.6) is 0 Å². The maximum Gasteiger partial charge on any atom is 0.0991 e. The van der Waals surface area contributed by atoms with Crippen molar-refractivity contribution in [3.05, 3.63) is 89.0 Å². The van der Waals surface area contributed by atoms with Crippen LogP contribution in [-0.4, -0.2) is 41.3 Å². The van der Waals surface area contributed by atoms with Gasteiger partial charge in [0.1, 0.15) is 0 Å². The summed E-state index contributed by atoms with van der Waals surface area (Å²) in [5.74, 6) is 0. The number of rotatable bonds is 8. The molecule has 32 heavy (non-hydrogen) atoms. The van der Waals surface area contributed by atoms with Gasteiger partial charge in [0.05, 0.1) is 30.3 Å². The zero-order valence-electron chi connectivity index (χ0n) is 19.1. The van der Waals surface area contributed by atoms with Crippen molar-refractivity contribution in [1.29, 1.82) is 5.26 Å². The maximum atomic E-state index is 9.00. The van der Waals surface area contributed by atoms with Crippen LogP contribution in [0.1, 0.15) is 40.8 Å². The van der Waals surface area contributed by atoms with E-state index in [0.717, 1.165) is 52.0 Å². The molecule has 1 aliphatic rings. The van der Waals surface area contributed by atoms with Crippen molar-refractivity contribution in [2.45, 2.75) is 39.3 Å². The average molecular weight is 429 g/mol. The number of imidazole rings is 1. The molecule has 1 aromatic heterocycles. The Kier molecular flexibility index (Phi) is 7.04. The maximum absolute atomic E-state index is 9.00. The number of aryl methyl sites for hydroxylation is 1. The highest BCUT2D eigenvalue weighted by Crippen LogP contribution is 2.36. The van der Waals surface area contributed by atoms with Crippen LogP contribution < -0.4 is 0 Å². The molecule has 166 valence electrons. The molecule has 2 aromatic carbocycles. The Hall–Kier alpha value is -2.94. The van der Waals surface area contributed by atoms with Gasteiger partial charge in [-0.15, -0.1) is 0 Å². The van der Waals surface area contributed by atoms with Gasteiger partial charge in [0, 0.05) is 31.8 Å². The van der Waals surface area contributed by atoms with Crippen molar-refractivity contribution < 1.29 is 4.74 Å². The molecule has 0 saturated carbocycles. The van der Waals surface area contributed by atoms with Crippen molar-refractivity contribution in [3.8, 4) is 6.07 Å². The summed E-state index contributed by atoms with van der Waals surface area (Å²) in [6.45, 7) is 6.83. The molecule has 0 amide bonds. The fraction of sp³-hybridized carbons (Fsp3) is 0.407. The first-order valence-corrected chi connectivity index (χ1v) is 11.3. The number of hydrogen-bond acceptors (Lipinski definition) is 4. The molecule has 0 radical (unpaired) electrons. The Labute approximate surface area is 191 Å². The average Bonchev–Trinajstić information content (AvgIpc) is 3.24. The molecule has 2 heterocycles. The van der Waals surface area contributed by atoms with E-state index in [1.54, 1.807) is 0 Å². The third-order valence-corrected chi connectivity index (χ3v) is 6.81. The lowest BCUT2D eigenvalue weighted by atomic mass is 9.73. The van der Waals surface area contributed by atoms with Crippen molar-refractivity contribution in [2.24, 2.45) is 5.41 Å². The number of piperidine rings is 1. The quantitative estimate of drug-likeness (QED) is 0.527. The summed E-state index contributed by atoms with van der Waals surface area (Å²) in [6.07, 6.45) is 7.24. The Balaban J connectivity index is 1.39. The molecule has 0 spiro atoms. The minimum Gasteiger partial charge on any atom is -0.384 e. The van der Waals surface area contributed by atoms with Gasteiger partial charge in [0.2, 0.25) is 0 Å². The molecule has 0 bridgehead atoms. The third kappa shape index (κ3) is 5.27. The molecule has 1 aliphatic heterocycles. The molecule has 0 N–H and O–H groups in total. The summed E-state index contributed by atoms with van der Waals surface area (Å²) < 4.78 is 7.90. The molecule has 0 atom stereocenters. The van der Waals surface area contributed by atoms with Gasteiger partial charge < -0.3 is 9.30 Å². The lowest BCUT2D eigenvalue weighted by Crippen LogP contribution is -2.43. The SMILES string of the molecule is COCC1(Cc2ccccc2C)CCN(Cc2cncn2Cc2ccc(C#N)cc2)CC1. The van der Waals surface area contributed by atoms with Crippen LogP contribution in [-0.2, 0) is 24.2 Å². The predicted molar refractivity (Wildman–Crippen MR) is 126 cm³/mol. The van der Waals surface area contributed by atoms with Gasteiger partial charge in [0.25, 0.3) is 0 Å². The van der Waals surface area contributed by atoms with Gasteiger partial charge >= 0.3 is 0 Å². The highest BCUT2D eigenvalue weighted by molar-refractivity contribution is 5.32. The van der Waals surface area contributed by atoms with Crippen LogP contribution >= 0.6 is 0 Å². The normalized spacial score (nSPS) is 16.0. The Bertz CT molecular complexity index is 1060. The first kappa shape index (κ1) is 22.3. The summed E-state index contributed by atoms with van der Waals surface area (Å²) in [5, 5.41) is 9.00. The van der Waals surface area contributed by atoms with Crippen molar-refractivity contribution >= 4 is 0 Å². The topological polar surface area (TPSA) is 54.1 Å². The van der Waals surface area contributed by atoms with Gasteiger partial charge in [-0.05, 0) is 68.1 Å². The molecular weight excluding hydrogens is 396 g/mol. The molecule has 1 fully saturated rings. The Morgan fingerprint density at radius 3 is 2.50 bits per heavy atom. The van der Waals surface area contributed by atoms with Crippen LogP contribution in [0.25, 0.3) is 0 Å². The minimum absolute atomic E-state index is 0.208. The van der Waals surface area contributed by atoms with Gasteiger partial charge in [-0.3, -0.25) is 4.90 Å². The molecule has 0 aliphatic carbocycles. The zero-order valence-corrected chi connectivity index (χ0v) is 19.1. The number of methoxy groups -OCH3 is 1. The lowest BCUT2D eigenvalue weighted by molar-refractivity contribution is 0.0188. The number of hydrogen-bond donors (Lipinski definition) is 0. The number of nitrogens with zero attached hydrogens (tertiary/aromatic N) is 4. The first-order chi connectivity index (χ1) is 15.6. The third-order valence-electron chi connectivity index (χ3n) is 6.81. The second-order valence-electron chi connectivity index (χ2n) is 9.13. The fourth-order valence-corrected chi connectivity index (χ4v) is 4.81. The number of aromatic nitrogens is 2. The molecule has 1 saturated heterocycles. The smallest absolute Gasteiger partial charge is 0.0991 e. The van der Waals surface area contributed by atoms with E-state index in [9.17, 15) is 0 Å². The van der Waals surface area contributed by atoms with E-state index in [0.29, 0.717) is 5.56 Å². The summed E-state index contributed by atoms with van der Waals surface area (Å²) in [5.41, 5.74) is 6.13. The summed E-state index contributed by atoms with van der Waals surface area (Å²) >= 11 is 0. The van der Waals surface area contributed by atoms with Crippen molar-refractivity contribution in [1.82, 2.24) is 14.5 Å². The minimum atomic E-state index is 0.208. The van der Waals surface area contributed by atoms with E-state index in [1.807, 2.05) is 43.9 Å². The monoisotopic (exact) mass is 428 g/mol. The molecule has 0 unspecified atom stereocenters. The van der Waals surface area contributed by atoms with Crippen molar-refractivity contribution in [3.63, 3.8) is 0 Å². The van der Waals surface area contributed by atoms with E-state index < -0.39 is 0 Å². The molecule has 5 nitrogen and oxygen atoms in total. The second-order valence-corrected chi connectivity index (χ2v) is 9.13. The van der Waals surface area contributed by atoms with Crippen LogP contribution in [0.3, 0.4) is 0 Å². The van der Waals surface area contributed by atoms with Crippen LogP contribution in [0, 0.1) is 23.7 Å². The highest BCUT2D eigenvalue weighted by atomic mass is 16.5. The van der Waals surface area contributed by atoms with Crippen LogP contribution in [0.4, 0.5) is 0 Å². The number of ether oxygens (including phenoxy) is 1. The largest absolute Gasteiger partial charge is 0.384 e. The number of nitriles is 1. The van der Waals surface area contributed by atoms with E-state index in [4.69, 9.17) is 10.00 Å². The zero-order chi connectivity index (χ0) is 22.4. The van der Waals surface area contributed by atoms with E-state index in [-0.39, 0.29) is 5.41 Å². The van der Waals surface area contributed by atoms with E-state index >= 15 is 0 Å². The summed E-state index contributed by atoms with van der Waals surface area (Å²) in [6, 6.07) is 18.7. The standard InChI is InChI=1S/C27H32N4O/c1-22-5-3-4-6-25(22)15-27(20-32-2)11-13-30(14-12-27)19-26-17-29-21-31(26)18-24-9-7-23(16-28)8-10-24/h3-10,17,21H,11-15,18-20H2,1-2H3. The van der Waals surface area contributed by atoms with Crippen LogP contribution in [0.2, 0.25) is 0 Å². The van der Waals surface area contributed by atoms with E-state index in [1.165, 1.54) is 22.4 Å². The second kappa shape index (κ2) is 10.1. The molecule has 4 rings (SSSR count). The van der Waals surface area contributed by atoms with E-state index in [2.05, 4.69) is 51.7 Å². The predicted octanol–water partition coefficient (Wildman–Crippen LogP) is 4.58. The lowest BCUT2D eigenvalue weighted by Gasteiger charge is -2.42. The number of likely N-dealkylation sites (tertiary alicyclic amines) is 1. The highest BCUT2D eigenvalue weighted by Gasteiger charge is 2.35. The number of benzene rings is 2.